The van der Waals surface area contributed by atoms with Crippen LogP contribution in [-0.2, 0) is 0 Å². The van der Waals surface area contributed by atoms with E-state index in [-0.39, 0.29) is 5.82 Å². The maximum atomic E-state index is 13.6. The average molecular weight is 284 g/mol. The van der Waals surface area contributed by atoms with Gasteiger partial charge in [-0.2, -0.15) is 0 Å². The van der Waals surface area contributed by atoms with Crippen LogP contribution in [0.3, 0.4) is 0 Å². The molecule has 0 aliphatic heterocycles. The third kappa shape index (κ3) is 2.00. The number of fused-ring (bicyclic) bond motifs is 3. The quantitative estimate of drug-likeness (QED) is 0.687. The zero-order valence-electron chi connectivity index (χ0n) is 11.8. The lowest BCUT2D eigenvalue weighted by atomic mass is 10.1. The van der Waals surface area contributed by atoms with Gasteiger partial charge < -0.3 is 16.0 Å². The third-order valence-electron chi connectivity index (χ3n) is 4.31. The summed E-state index contributed by atoms with van der Waals surface area (Å²) in [6.07, 6.45) is 4.17. The van der Waals surface area contributed by atoms with Crippen LogP contribution < -0.4 is 11.1 Å². The van der Waals surface area contributed by atoms with Crippen molar-refractivity contribution in [1.29, 1.82) is 0 Å². The molecule has 1 unspecified atom stereocenters. The van der Waals surface area contributed by atoms with Gasteiger partial charge in [0.1, 0.15) is 11.6 Å². The van der Waals surface area contributed by atoms with E-state index in [4.69, 9.17) is 5.73 Å². The van der Waals surface area contributed by atoms with E-state index in [9.17, 15) is 4.39 Å². The fourth-order valence-corrected chi connectivity index (χ4v) is 2.93. The highest BCUT2D eigenvalue weighted by molar-refractivity contribution is 6.15. The van der Waals surface area contributed by atoms with Gasteiger partial charge in [-0.25, -0.2) is 9.37 Å². The van der Waals surface area contributed by atoms with Crippen LogP contribution in [0.4, 0.5) is 15.9 Å². The van der Waals surface area contributed by atoms with E-state index in [0.717, 1.165) is 27.6 Å². The van der Waals surface area contributed by atoms with Gasteiger partial charge in [-0.15, -0.1) is 0 Å². The Kier molecular flexibility index (Phi) is 2.58. The molecular formula is C16H17FN4. The van der Waals surface area contributed by atoms with Crippen molar-refractivity contribution in [3.05, 3.63) is 30.2 Å². The van der Waals surface area contributed by atoms with Crippen LogP contribution in [-0.4, -0.2) is 16.0 Å². The molecule has 4 nitrogen and oxygen atoms in total. The van der Waals surface area contributed by atoms with Gasteiger partial charge in [0.25, 0.3) is 0 Å². The van der Waals surface area contributed by atoms with Crippen LogP contribution >= 0.6 is 0 Å². The minimum Gasteiger partial charge on any atom is -0.396 e. The number of nitrogens with one attached hydrogen (secondary N) is 2. The van der Waals surface area contributed by atoms with Crippen molar-refractivity contribution in [2.45, 2.75) is 25.8 Å². The maximum absolute atomic E-state index is 13.6. The van der Waals surface area contributed by atoms with Crippen LogP contribution in [0.5, 0.6) is 0 Å². The second-order valence-corrected chi connectivity index (χ2v) is 5.90. The number of halogens is 1. The summed E-state index contributed by atoms with van der Waals surface area (Å²) in [7, 11) is 0. The number of benzene rings is 1. The van der Waals surface area contributed by atoms with E-state index < -0.39 is 0 Å². The fourth-order valence-electron chi connectivity index (χ4n) is 2.93. The SMILES string of the molecule is CC(Nc1ncc(N)c2[nH]c3ccc(F)cc3c12)C1CC1. The molecule has 1 fully saturated rings. The predicted octanol–water partition coefficient (Wildman–Crippen LogP) is 3.65. The normalized spacial score (nSPS) is 16.5. The molecule has 0 bridgehead atoms. The van der Waals surface area contributed by atoms with Crippen LogP contribution in [0.1, 0.15) is 19.8 Å². The first-order valence-electron chi connectivity index (χ1n) is 7.25. The van der Waals surface area contributed by atoms with E-state index in [1.807, 2.05) is 0 Å². The zero-order valence-corrected chi connectivity index (χ0v) is 11.8. The number of aromatic amines is 1. The molecule has 2 aromatic heterocycles. The molecule has 4 rings (SSSR count). The van der Waals surface area contributed by atoms with Crippen molar-refractivity contribution in [3.8, 4) is 0 Å². The summed E-state index contributed by atoms with van der Waals surface area (Å²) >= 11 is 0. The molecule has 1 aromatic carbocycles. The molecule has 1 atom stereocenters. The number of pyridine rings is 1. The monoisotopic (exact) mass is 284 g/mol. The Hall–Kier alpha value is -2.30. The summed E-state index contributed by atoms with van der Waals surface area (Å²) in [5.41, 5.74) is 8.27. The topological polar surface area (TPSA) is 66.7 Å². The van der Waals surface area contributed by atoms with Crippen LogP contribution in [0.2, 0.25) is 0 Å². The minimum absolute atomic E-state index is 0.257. The second-order valence-electron chi connectivity index (χ2n) is 5.90. The molecule has 21 heavy (non-hydrogen) atoms. The molecule has 4 N–H and O–H groups in total. The van der Waals surface area contributed by atoms with E-state index in [1.165, 1.54) is 25.0 Å². The average Bonchev–Trinajstić information content (AvgIpc) is 3.24. The highest BCUT2D eigenvalue weighted by Gasteiger charge is 2.28. The Morgan fingerprint density at radius 2 is 2.24 bits per heavy atom. The molecule has 5 heteroatoms. The van der Waals surface area contributed by atoms with Crippen LogP contribution in [0, 0.1) is 11.7 Å². The molecule has 2 heterocycles. The summed E-state index contributed by atoms with van der Waals surface area (Å²) in [6, 6.07) is 5.07. The van der Waals surface area contributed by atoms with Crippen molar-refractivity contribution < 1.29 is 4.39 Å². The summed E-state index contributed by atoms with van der Waals surface area (Å²) in [5.74, 6) is 1.23. The summed E-state index contributed by atoms with van der Waals surface area (Å²) in [5, 5.41) is 5.15. The summed E-state index contributed by atoms with van der Waals surface area (Å²) in [4.78, 5) is 7.69. The van der Waals surface area contributed by atoms with Gasteiger partial charge in [-0.05, 0) is 43.9 Å². The number of anilines is 2. The molecule has 1 aliphatic carbocycles. The van der Waals surface area contributed by atoms with Crippen molar-refractivity contribution in [2.75, 3.05) is 11.1 Å². The van der Waals surface area contributed by atoms with Crippen molar-refractivity contribution in [2.24, 2.45) is 5.92 Å². The van der Waals surface area contributed by atoms with Gasteiger partial charge in [-0.3, -0.25) is 0 Å². The maximum Gasteiger partial charge on any atom is 0.136 e. The van der Waals surface area contributed by atoms with E-state index in [0.29, 0.717) is 17.6 Å². The number of aromatic nitrogens is 2. The Morgan fingerprint density at radius 3 is 3.00 bits per heavy atom. The van der Waals surface area contributed by atoms with E-state index in [1.54, 1.807) is 12.3 Å². The molecular weight excluding hydrogens is 267 g/mol. The van der Waals surface area contributed by atoms with Crippen molar-refractivity contribution >= 4 is 33.3 Å². The van der Waals surface area contributed by atoms with Gasteiger partial charge in [0.05, 0.1) is 22.8 Å². The first-order chi connectivity index (χ1) is 10.1. The largest absolute Gasteiger partial charge is 0.396 e. The number of nitrogens with two attached hydrogens (primary N) is 1. The highest BCUT2D eigenvalue weighted by atomic mass is 19.1. The zero-order chi connectivity index (χ0) is 14.6. The molecule has 0 saturated heterocycles. The number of rotatable bonds is 3. The Morgan fingerprint density at radius 1 is 1.43 bits per heavy atom. The number of nitrogens with zero attached hydrogens (tertiary/aromatic N) is 1. The van der Waals surface area contributed by atoms with Crippen LogP contribution in [0.25, 0.3) is 21.8 Å². The Balaban J connectivity index is 1.94. The molecule has 1 saturated carbocycles. The molecule has 1 aliphatic rings. The lowest BCUT2D eigenvalue weighted by Crippen LogP contribution is -2.18. The second kappa shape index (κ2) is 4.35. The lowest BCUT2D eigenvalue weighted by molar-refractivity contribution is 0.630. The van der Waals surface area contributed by atoms with Gasteiger partial charge in [-0.1, -0.05) is 0 Å². The molecule has 3 aromatic rings. The fraction of sp³-hybridized carbons (Fsp3) is 0.312. The Labute approximate surface area is 121 Å². The van der Waals surface area contributed by atoms with Crippen molar-refractivity contribution in [1.82, 2.24) is 9.97 Å². The minimum atomic E-state index is -0.257. The third-order valence-corrected chi connectivity index (χ3v) is 4.31. The smallest absolute Gasteiger partial charge is 0.136 e. The highest BCUT2D eigenvalue weighted by Crippen LogP contribution is 2.37. The number of hydrogen-bond donors (Lipinski definition) is 3. The van der Waals surface area contributed by atoms with Gasteiger partial charge in [0, 0.05) is 16.9 Å². The summed E-state index contributed by atoms with van der Waals surface area (Å²) < 4.78 is 13.6. The predicted molar refractivity (Wildman–Crippen MR) is 83.8 cm³/mol. The van der Waals surface area contributed by atoms with Crippen molar-refractivity contribution in [3.63, 3.8) is 0 Å². The molecule has 0 spiro atoms. The van der Waals surface area contributed by atoms with Gasteiger partial charge in [0.2, 0.25) is 0 Å². The number of nitrogen functional groups attached to an aromatic ring is 1. The van der Waals surface area contributed by atoms with Gasteiger partial charge in [0.15, 0.2) is 0 Å². The number of hydrogen-bond acceptors (Lipinski definition) is 3. The first-order valence-corrected chi connectivity index (χ1v) is 7.25. The lowest BCUT2D eigenvalue weighted by Gasteiger charge is -2.14. The molecule has 0 radical (unpaired) electrons. The summed E-state index contributed by atoms with van der Waals surface area (Å²) in [6.45, 7) is 2.16. The van der Waals surface area contributed by atoms with Crippen LogP contribution in [0.15, 0.2) is 24.4 Å². The number of H-pyrrole nitrogens is 1. The molecule has 0 amide bonds. The standard InChI is InChI=1S/C16H17FN4/c1-8(9-2-3-9)20-16-14-11-6-10(17)4-5-13(11)21-15(14)12(18)7-19-16/h4-9,21H,2-3,18H2,1H3,(H,19,20). The Bertz CT molecular complexity index is 835. The molecule has 108 valence electrons. The van der Waals surface area contributed by atoms with E-state index in [2.05, 4.69) is 22.2 Å². The van der Waals surface area contributed by atoms with E-state index >= 15 is 0 Å². The first kappa shape index (κ1) is 12.4. The van der Waals surface area contributed by atoms with Gasteiger partial charge >= 0.3 is 0 Å².